The van der Waals surface area contributed by atoms with Crippen LogP contribution in [0.15, 0.2) is 77.7 Å². The van der Waals surface area contributed by atoms with Crippen LogP contribution < -0.4 is 9.62 Å². The molecule has 0 aromatic heterocycles. The molecule has 0 aliphatic carbocycles. The van der Waals surface area contributed by atoms with Crippen molar-refractivity contribution in [1.82, 2.24) is 10.2 Å². The molecular formula is C27H28Cl2FN3O4S. The minimum atomic E-state index is -4.35. The van der Waals surface area contributed by atoms with Crippen molar-refractivity contribution in [3.63, 3.8) is 0 Å². The van der Waals surface area contributed by atoms with Gasteiger partial charge in [-0.2, -0.15) is 0 Å². The first-order chi connectivity index (χ1) is 18.1. The summed E-state index contributed by atoms with van der Waals surface area (Å²) in [6.07, 6.45) is 0.686. The van der Waals surface area contributed by atoms with Crippen LogP contribution in [0.2, 0.25) is 10.0 Å². The van der Waals surface area contributed by atoms with E-state index in [-0.39, 0.29) is 22.2 Å². The summed E-state index contributed by atoms with van der Waals surface area (Å²) in [7, 11) is -4.35. The highest BCUT2D eigenvalue weighted by atomic mass is 35.5. The number of amides is 2. The molecule has 0 bridgehead atoms. The molecule has 38 heavy (non-hydrogen) atoms. The number of carbonyl (C=O) groups is 2. The standard InChI is InChI=1S/C27H28Cl2FN3O4S/c1-3-15-31-27(35)19(2)32(17-20-13-14-21(28)16-23(20)29)26(34)18-33(25-12-8-7-11-24(25)30)38(36,37)22-9-5-4-6-10-22/h4-14,16,19H,3,15,17-18H2,1-2H3,(H,31,35). The molecule has 0 saturated carbocycles. The van der Waals surface area contributed by atoms with Gasteiger partial charge in [0.2, 0.25) is 11.8 Å². The first-order valence-electron chi connectivity index (χ1n) is 11.9. The maximum absolute atomic E-state index is 14.9. The molecule has 11 heteroatoms. The highest BCUT2D eigenvalue weighted by Gasteiger charge is 2.33. The fraction of sp³-hybridized carbons (Fsp3) is 0.259. The van der Waals surface area contributed by atoms with E-state index in [4.69, 9.17) is 23.2 Å². The average Bonchev–Trinajstić information content (AvgIpc) is 2.90. The molecule has 0 saturated heterocycles. The smallest absolute Gasteiger partial charge is 0.264 e. The van der Waals surface area contributed by atoms with Crippen molar-refractivity contribution in [2.75, 3.05) is 17.4 Å². The van der Waals surface area contributed by atoms with Gasteiger partial charge in [0.05, 0.1) is 10.6 Å². The van der Waals surface area contributed by atoms with Crippen LogP contribution in [0.1, 0.15) is 25.8 Å². The quantitative estimate of drug-likeness (QED) is 0.335. The molecule has 3 rings (SSSR count). The summed E-state index contributed by atoms with van der Waals surface area (Å²) in [6.45, 7) is 2.96. The molecule has 3 aromatic carbocycles. The van der Waals surface area contributed by atoms with Crippen LogP contribution >= 0.6 is 23.2 Å². The number of halogens is 3. The first-order valence-corrected chi connectivity index (χ1v) is 14.1. The van der Waals surface area contributed by atoms with E-state index in [2.05, 4.69) is 5.32 Å². The lowest BCUT2D eigenvalue weighted by Crippen LogP contribution is -2.51. The Labute approximate surface area is 232 Å². The molecule has 202 valence electrons. The highest BCUT2D eigenvalue weighted by Crippen LogP contribution is 2.28. The topological polar surface area (TPSA) is 86.8 Å². The van der Waals surface area contributed by atoms with Gasteiger partial charge in [-0.25, -0.2) is 12.8 Å². The SMILES string of the molecule is CCCNC(=O)C(C)N(Cc1ccc(Cl)cc1Cl)C(=O)CN(c1ccccc1F)S(=O)(=O)c1ccccc1. The molecule has 0 aliphatic rings. The van der Waals surface area contributed by atoms with Crippen LogP contribution in [-0.4, -0.2) is 44.3 Å². The van der Waals surface area contributed by atoms with Crippen LogP contribution in [0.25, 0.3) is 0 Å². The predicted octanol–water partition coefficient (Wildman–Crippen LogP) is 5.27. The molecule has 7 nitrogen and oxygen atoms in total. The lowest BCUT2D eigenvalue weighted by molar-refractivity contribution is -0.139. The molecular weight excluding hydrogens is 552 g/mol. The van der Waals surface area contributed by atoms with E-state index in [9.17, 15) is 22.4 Å². The number of para-hydroxylation sites is 1. The van der Waals surface area contributed by atoms with E-state index in [0.717, 1.165) is 6.07 Å². The Morgan fingerprint density at radius 2 is 1.66 bits per heavy atom. The lowest BCUT2D eigenvalue weighted by Gasteiger charge is -2.32. The van der Waals surface area contributed by atoms with Crippen LogP contribution in [-0.2, 0) is 26.2 Å². The summed E-state index contributed by atoms with van der Waals surface area (Å²) in [4.78, 5) is 27.7. The van der Waals surface area contributed by atoms with Gasteiger partial charge >= 0.3 is 0 Å². The van der Waals surface area contributed by atoms with Crippen molar-refractivity contribution in [3.05, 3.63) is 94.2 Å². The maximum Gasteiger partial charge on any atom is 0.264 e. The first kappa shape index (κ1) is 29.4. The Hall–Kier alpha value is -3.14. The number of nitrogens with one attached hydrogen (secondary N) is 1. The minimum Gasteiger partial charge on any atom is -0.354 e. The zero-order valence-electron chi connectivity index (χ0n) is 20.9. The van der Waals surface area contributed by atoms with Gasteiger partial charge in [-0.15, -0.1) is 0 Å². The fourth-order valence-electron chi connectivity index (χ4n) is 3.70. The molecule has 0 radical (unpaired) electrons. The van der Waals surface area contributed by atoms with Crippen molar-refractivity contribution >= 4 is 50.7 Å². The lowest BCUT2D eigenvalue weighted by atomic mass is 10.1. The van der Waals surface area contributed by atoms with Crippen molar-refractivity contribution in [2.45, 2.75) is 37.8 Å². The zero-order valence-corrected chi connectivity index (χ0v) is 23.2. The van der Waals surface area contributed by atoms with Gasteiger partial charge in [-0.05, 0) is 55.3 Å². The number of sulfonamides is 1. The molecule has 0 fully saturated rings. The van der Waals surface area contributed by atoms with Crippen LogP contribution in [0.3, 0.4) is 0 Å². The Balaban J connectivity index is 2.04. The van der Waals surface area contributed by atoms with E-state index in [1.54, 1.807) is 18.2 Å². The van der Waals surface area contributed by atoms with Crippen molar-refractivity contribution < 1.29 is 22.4 Å². The summed E-state index contributed by atoms with van der Waals surface area (Å²) < 4.78 is 42.8. The number of hydrogen-bond donors (Lipinski definition) is 1. The molecule has 1 unspecified atom stereocenters. The number of anilines is 1. The number of carbonyl (C=O) groups excluding carboxylic acids is 2. The second-order valence-electron chi connectivity index (χ2n) is 8.50. The van der Waals surface area contributed by atoms with E-state index in [1.165, 1.54) is 60.4 Å². The second kappa shape index (κ2) is 13.1. The summed E-state index contributed by atoms with van der Waals surface area (Å²) in [6, 6.07) is 16.5. The Bertz CT molecular complexity index is 1390. The van der Waals surface area contributed by atoms with Crippen LogP contribution in [0.5, 0.6) is 0 Å². The van der Waals surface area contributed by atoms with E-state index >= 15 is 0 Å². The van der Waals surface area contributed by atoms with Gasteiger partial charge in [0, 0.05) is 23.1 Å². The highest BCUT2D eigenvalue weighted by molar-refractivity contribution is 7.92. The summed E-state index contributed by atoms with van der Waals surface area (Å²) >= 11 is 12.4. The number of hydrogen-bond acceptors (Lipinski definition) is 4. The fourth-order valence-corrected chi connectivity index (χ4v) is 5.61. The number of benzene rings is 3. The third-order valence-electron chi connectivity index (χ3n) is 5.80. The monoisotopic (exact) mass is 579 g/mol. The number of rotatable bonds is 11. The van der Waals surface area contributed by atoms with E-state index < -0.39 is 40.2 Å². The number of nitrogens with zero attached hydrogens (tertiary/aromatic N) is 2. The van der Waals surface area contributed by atoms with Crippen molar-refractivity contribution in [3.8, 4) is 0 Å². The second-order valence-corrected chi connectivity index (χ2v) is 11.2. The normalized spacial score (nSPS) is 12.0. The van der Waals surface area contributed by atoms with Gasteiger partial charge in [0.15, 0.2) is 0 Å². The van der Waals surface area contributed by atoms with Gasteiger partial charge in [-0.1, -0.05) is 66.5 Å². The molecule has 1 N–H and O–H groups in total. The van der Waals surface area contributed by atoms with Gasteiger partial charge in [-0.3, -0.25) is 13.9 Å². The molecule has 2 amide bonds. The van der Waals surface area contributed by atoms with E-state index in [0.29, 0.717) is 27.9 Å². The zero-order chi connectivity index (χ0) is 27.9. The predicted molar refractivity (Wildman–Crippen MR) is 147 cm³/mol. The Morgan fingerprint density at radius 3 is 2.29 bits per heavy atom. The largest absolute Gasteiger partial charge is 0.354 e. The van der Waals surface area contributed by atoms with Crippen molar-refractivity contribution in [1.29, 1.82) is 0 Å². The molecule has 1 atom stereocenters. The Kier molecular flexibility index (Phi) is 10.1. The molecule has 0 spiro atoms. The van der Waals surface area contributed by atoms with Crippen LogP contribution in [0, 0.1) is 5.82 Å². The van der Waals surface area contributed by atoms with Gasteiger partial charge in [0.1, 0.15) is 18.4 Å². The minimum absolute atomic E-state index is 0.105. The molecule has 3 aromatic rings. The van der Waals surface area contributed by atoms with E-state index in [1.807, 2.05) is 6.92 Å². The molecule has 0 aliphatic heterocycles. The van der Waals surface area contributed by atoms with Gasteiger partial charge in [0.25, 0.3) is 10.0 Å². The third kappa shape index (κ3) is 7.03. The van der Waals surface area contributed by atoms with Crippen LogP contribution in [0.4, 0.5) is 10.1 Å². The average molecular weight is 581 g/mol. The Morgan fingerprint density at radius 1 is 1.00 bits per heavy atom. The maximum atomic E-state index is 14.9. The third-order valence-corrected chi connectivity index (χ3v) is 8.16. The summed E-state index contributed by atoms with van der Waals surface area (Å²) in [5, 5.41) is 3.42. The van der Waals surface area contributed by atoms with Crippen molar-refractivity contribution in [2.24, 2.45) is 0 Å². The van der Waals surface area contributed by atoms with Gasteiger partial charge < -0.3 is 10.2 Å². The molecule has 0 heterocycles. The summed E-state index contributed by atoms with van der Waals surface area (Å²) in [5.41, 5.74) is 0.209. The summed E-state index contributed by atoms with van der Waals surface area (Å²) in [5.74, 6) is -1.97.